The van der Waals surface area contributed by atoms with Crippen molar-refractivity contribution in [3.63, 3.8) is 0 Å². The molecule has 32 heavy (non-hydrogen) atoms. The second-order valence-electron chi connectivity index (χ2n) is 7.73. The lowest BCUT2D eigenvalue weighted by Crippen LogP contribution is -2.32. The largest absolute Gasteiger partial charge is 0.481 e. The van der Waals surface area contributed by atoms with Gasteiger partial charge in [-0.25, -0.2) is 4.79 Å². The molecule has 1 fully saturated rings. The average Bonchev–Trinajstić information content (AvgIpc) is 3.18. The first-order valence-corrected chi connectivity index (χ1v) is 10.7. The Balaban J connectivity index is 0.000000668. The number of rotatable bonds is 5. The number of anilines is 2. The van der Waals surface area contributed by atoms with Crippen LogP contribution in [0.4, 0.5) is 16.2 Å². The Labute approximate surface area is 187 Å². The highest BCUT2D eigenvalue weighted by atomic mass is 16.5. The van der Waals surface area contributed by atoms with Crippen LogP contribution in [0, 0.1) is 0 Å². The lowest BCUT2D eigenvalue weighted by molar-refractivity contribution is -0.140. The fourth-order valence-electron chi connectivity index (χ4n) is 3.84. The van der Waals surface area contributed by atoms with E-state index >= 15 is 0 Å². The molecule has 2 aromatic carbocycles. The zero-order chi connectivity index (χ0) is 23.1. The van der Waals surface area contributed by atoms with E-state index in [2.05, 4.69) is 22.2 Å². The normalized spacial score (nSPS) is 15.0. The number of carbonyl (C=O) groups excluding carboxylic acids is 2. The molecule has 0 unspecified atom stereocenters. The number of aliphatic carboxylic acids is 1. The molecular formula is C24H29N3O5. The number of nitrogens with one attached hydrogen (secondary N) is 1. The van der Waals surface area contributed by atoms with Gasteiger partial charge in [-0.2, -0.15) is 0 Å². The van der Waals surface area contributed by atoms with Gasteiger partial charge < -0.3 is 15.2 Å². The monoisotopic (exact) mass is 439 g/mol. The highest BCUT2D eigenvalue weighted by Gasteiger charge is 2.31. The minimum Gasteiger partial charge on any atom is -0.481 e. The van der Waals surface area contributed by atoms with Crippen molar-refractivity contribution in [2.75, 3.05) is 36.5 Å². The number of hydrogen-bond donors (Lipinski definition) is 2. The number of fused-ring (bicyclic) bond motifs is 1. The number of urea groups is 1. The summed E-state index contributed by atoms with van der Waals surface area (Å²) in [6.45, 7) is 4.32. The molecule has 2 heterocycles. The van der Waals surface area contributed by atoms with Gasteiger partial charge in [-0.1, -0.05) is 18.2 Å². The van der Waals surface area contributed by atoms with Gasteiger partial charge in [0.2, 0.25) is 0 Å². The Kier molecular flexibility index (Phi) is 7.83. The molecule has 8 heteroatoms. The first-order chi connectivity index (χ1) is 15.4. The molecule has 1 saturated heterocycles. The van der Waals surface area contributed by atoms with Crippen molar-refractivity contribution in [1.29, 1.82) is 0 Å². The summed E-state index contributed by atoms with van der Waals surface area (Å²) in [6.07, 6.45) is 2.00. The van der Waals surface area contributed by atoms with Crippen LogP contribution < -0.4 is 15.1 Å². The molecule has 4 rings (SSSR count). The minimum atomic E-state index is -0.833. The van der Waals surface area contributed by atoms with Crippen LogP contribution in [0.5, 0.6) is 0 Å². The predicted molar refractivity (Wildman–Crippen MR) is 122 cm³/mol. The SMILES string of the molecule is CC(=O)O.COC(=O)CCc1ccc(N2CCN(c3ccc4c(c3)CCNC4)C2=O)cc1. The van der Waals surface area contributed by atoms with Crippen molar-refractivity contribution in [2.24, 2.45) is 0 Å². The lowest BCUT2D eigenvalue weighted by atomic mass is 10.0. The Hall–Kier alpha value is -3.39. The van der Waals surface area contributed by atoms with Crippen LogP contribution in [0.1, 0.15) is 30.0 Å². The van der Waals surface area contributed by atoms with E-state index in [9.17, 15) is 9.59 Å². The van der Waals surface area contributed by atoms with Crippen LogP contribution >= 0.6 is 0 Å². The Morgan fingerprint density at radius 1 is 1.03 bits per heavy atom. The lowest BCUT2D eigenvalue weighted by Gasteiger charge is -2.22. The number of esters is 1. The van der Waals surface area contributed by atoms with Gasteiger partial charge in [0.25, 0.3) is 5.97 Å². The van der Waals surface area contributed by atoms with E-state index < -0.39 is 5.97 Å². The summed E-state index contributed by atoms with van der Waals surface area (Å²) in [7, 11) is 1.40. The van der Waals surface area contributed by atoms with Crippen molar-refractivity contribution in [1.82, 2.24) is 5.32 Å². The second-order valence-corrected chi connectivity index (χ2v) is 7.73. The summed E-state index contributed by atoms with van der Waals surface area (Å²) in [5.41, 5.74) is 5.57. The van der Waals surface area contributed by atoms with Gasteiger partial charge in [-0.3, -0.25) is 19.4 Å². The van der Waals surface area contributed by atoms with E-state index in [-0.39, 0.29) is 12.0 Å². The van der Waals surface area contributed by atoms with Crippen molar-refractivity contribution >= 4 is 29.3 Å². The van der Waals surface area contributed by atoms with E-state index in [1.165, 1.54) is 18.2 Å². The number of hydrogen-bond acceptors (Lipinski definition) is 5. The zero-order valence-corrected chi connectivity index (χ0v) is 18.5. The van der Waals surface area contributed by atoms with Gasteiger partial charge in [0.15, 0.2) is 0 Å². The van der Waals surface area contributed by atoms with Crippen LogP contribution in [-0.4, -0.2) is 49.8 Å². The molecule has 0 saturated carbocycles. The Morgan fingerprint density at radius 2 is 1.66 bits per heavy atom. The predicted octanol–water partition coefficient (Wildman–Crippen LogP) is 2.98. The number of benzene rings is 2. The number of ether oxygens (including phenoxy) is 1. The fraction of sp³-hybridized carbons (Fsp3) is 0.375. The molecule has 0 aliphatic carbocycles. The maximum absolute atomic E-state index is 13.0. The summed E-state index contributed by atoms with van der Waals surface area (Å²) in [6, 6.07) is 14.2. The van der Waals surface area contributed by atoms with Gasteiger partial charge in [-0.05, 0) is 60.3 Å². The zero-order valence-electron chi connectivity index (χ0n) is 18.5. The van der Waals surface area contributed by atoms with E-state index in [0.717, 1.165) is 43.4 Å². The van der Waals surface area contributed by atoms with Crippen molar-refractivity contribution in [3.8, 4) is 0 Å². The third-order valence-electron chi connectivity index (χ3n) is 5.49. The molecule has 0 atom stereocenters. The van der Waals surface area contributed by atoms with E-state index in [4.69, 9.17) is 9.90 Å². The number of nitrogens with zero attached hydrogens (tertiary/aromatic N) is 2. The molecule has 2 N–H and O–H groups in total. The molecule has 2 aromatic rings. The Morgan fingerprint density at radius 3 is 2.31 bits per heavy atom. The van der Waals surface area contributed by atoms with Crippen LogP contribution in [-0.2, 0) is 33.7 Å². The molecule has 0 spiro atoms. The summed E-state index contributed by atoms with van der Waals surface area (Å²) < 4.78 is 4.68. The molecule has 0 aromatic heterocycles. The topological polar surface area (TPSA) is 99.2 Å². The number of amides is 2. The number of aryl methyl sites for hydroxylation is 1. The van der Waals surface area contributed by atoms with Crippen molar-refractivity contribution < 1.29 is 24.2 Å². The highest BCUT2D eigenvalue weighted by molar-refractivity contribution is 6.06. The first kappa shape index (κ1) is 23.3. The fourth-order valence-corrected chi connectivity index (χ4v) is 3.84. The van der Waals surface area contributed by atoms with E-state index in [1.807, 2.05) is 40.1 Å². The maximum Gasteiger partial charge on any atom is 0.329 e. The number of carboxylic acids is 1. The third-order valence-corrected chi connectivity index (χ3v) is 5.49. The van der Waals surface area contributed by atoms with Crippen LogP contribution in [0.2, 0.25) is 0 Å². The maximum atomic E-state index is 13.0. The minimum absolute atomic E-state index is 0.0104. The number of carbonyl (C=O) groups is 3. The molecule has 2 aliphatic heterocycles. The summed E-state index contributed by atoms with van der Waals surface area (Å²) in [4.78, 5) is 36.9. The molecule has 0 bridgehead atoms. The van der Waals surface area contributed by atoms with Crippen LogP contribution in [0.3, 0.4) is 0 Å². The molecule has 0 radical (unpaired) electrons. The summed E-state index contributed by atoms with van der Waals surface area (Å²) in [5, 5.41) is 10.8. The number of carboxylic acid groups (broad SMARTS) is 1. The molecule has 8 nitrogen and oxygen atoms in total. The molecular weight excluding hydrogens is 410 g/mol. The van der Waals surface area contributed by atoms with Gasteiger partial charge in [0, 0.05) is 44.4 Å². The van der Waals surface area contributed by atoms with Crippen LogP contribution in [0.15, 0.2) is 42.5 Å². The van der Waals surface area contributed by atoms with Gasteiger partial charge in [0.05, 0.1) is 7.11 Å². The second kappa shape index (κ2) is 10.8. The molecule has 2 amide bonds. The smallest absolute Gasteiger partial charge is 0.329 e. The number of methoxy groups -OCH3 is 1. The van der Waals surface area contributed by atoms with Crippen LogP contribution in [0.25, 0.3) is 0 Å². The Bertz CT molecular complexity index is 970. The van der Waals surface area contributed by atoms with Gasteiger partial charge in [0.1, 0.15) is 0 Å². The molecule has 2 aliphatic rings. The van der Waals surface area contributed by atoms with Gasteiger partial charge in [-0.15, -0.1) is 0 Å². The van der Waals surface area contributed by atoms with E-state index in [1.54, 1.807) is 0 Å². The third kappa shape index (κ3) is 5.85. The first-order valence-electron chi connectivity index (χ1n) is 10.7. The van der Waals surface area contributed by atoms with Crippen molar-refractivity contribution in [2.45, 2.75) is 32.7 Å². The quantitative estimate of drug-likeness (QED) is 0.695. The standard InChI is InChI=1S/C22H25N3O3.C2H4O2/c1-28-21(26)9-4-16-2-6-19(7-3-16)24-12-13-25(22(24)27)20-8-5-18-15-23-11-10-17(18)14-20;1-2(3)4/h2-3,5-8,14,23H,4,9-13,15H2,1H3;1H3,(H,3,4). The van der Waals surface area contributed by atoms with Gasteiger partial charge >= 0.3 is 12.0 Å². The molecule has 170 valence electrons. The summed E-state index contributed by atoms with van der Waals surface area (Å²) in [5.74, 6) is -1.05. The summed E-state index contributed by atoms with van der Waals surface area (Å²) >= 11 is 0. The highest BCUT2D eigenvalue weighted by Crippen LogP contribution is 2.28. The average molecular weight is 440 g/mol. The van der Waals surface area contributed by atoms with E-state index in [0.29, 0.717) is 25.9 Å². The van der Waals surface area contributed by atoms with Crippen molar-refractivity contribution in [3.05, 3.63) is 59.2 Å².